The van der Waals surface area contributed by atoms with Crippen LogP contribution in [0.25, 0.3) is 0 Å². The van der Waals surface area contributed by atoms with Crippen LogP contribution in [-0.4, -0.2) is 36.6 Å². The van der Waals surface area contributed by atoms with Crippen LogP contribution in [0, 0.1) is 0 Å². The molecule has 6 heteroatoms. The Morgan fingerprint density at radius 3 is 2.35 bits per heavy atom. The molecule has 1 heterocycles. The van der Waals surface area contributed by atoms with Crippen LogP contribution >= 0.6 is 11.3 Å². The van der Waals surface area contributed by atoms with Gasteiger partial charge in [0.15, 0.2) is 0 Å². The second kappa shape index (κ2) is 7.54. The smallest absolute Gasteiger partial charge is 0.218 e. The second-order valence-electron chi connectivity index (χ2n) is 5.64. The number of nitrogens with zero attached hydrogens (tertiary/aromatic N) is 1. The molecule has 0 aliphatic carbocycles. The molecule has 1 unspecified atom stereocenters. The van der Waals surface area contributed by atoms with E-state index < -0.39 is 15.3 Å². The van der Waals surface area contributed by atoms with Crippen molar-refractivity contribution < 1.29 is 8.42 Å². The van der Waals surface area contributed by atoms with Gasteiger partial charge in [-0.05, 0) is 32.2 Å². The van der Waals surface area contributed by atoms with Crippen molar-refractivity contribution in [1.29, 1.82) is 0 Å². The molecule has 0 bridgehead atoms. The van der Waals surface area contributed by atoms with Crippen LogP contribution < -0.4 is 5.32 Å². The molecule has 116 valence electrons. The van der Waals surface area contributed by atoms with Crippen LogP contribution in [0.1, 0.15) is 39.5 Å². The summed E-state index contributed by atoms with van der Waals surface area (Å²) in [6.07, 6.45) is 0. The zero-order valence-corrected chi connectivity index (χ0v) is 14.6. The number of nitrogens with one attached hydrogen (secondary N) is 1. The predicted molar refractivity (Wildman–Crippen MR) is 86.5 cm³/mol. The highest BCUT2D eigenvalue weighted by molar-refractivity contribution is 7.89. The fourth-order valence-corrected chi connectivity index (χ4v) is 4.32. The SMILES string of the molecule is CC(C)NCC(C)S(=O)(=O)N(Cc1cccs1)C(C)C. The standard InChI is InChI=1S/C14H26N2O2S2/c1-11(2)15-9-13(5)20(17,18)16(12(3)4)10-14-7-6-8-19-14/h6-8,11-13,15H,9-10H2,1-5H3. The first-order valence-electron chi connectivity index (χ1n) is 7.01. The Kier molecular flexibility index (Phi) is 6.64. The van der Waals surface area contributed by atoms with Gasteiger partial charge < -0.3 is 5.32 Å². The molecule has 1 N–H and O–H groups in total. The quantitative estimate of drug-likeness (QED) is 0.802. The minimum Gasteiger partial charge on any atom is -0.313 e. The summed E-state index contributed by atoms with van der Waals surface area (Å²) in [5.41, 5.74) is 0. The number of hydrogen-bond donors (Lipinski definition) is 1. The Hall–Kier alpha value is -0.430. The minimum absolute atomic E-state index is 0.0383. The van der Waals surface area contributed by atoms with Gasteiger partial charge in [0.25, 0.3) is 0 Å². The number of thiophene rings is 1. The van der Waals surface area contributed by atoms with Gasteiger partial charge in [0.1, 0.15) is 0 Å². The molecule has 1 rings (SSSR count). The van der Waals surface area contributed by atoms with Gasteiger partial charge in [-0.25, -0.2) is 8.42 Å². The molecule has 1 aromatic heterocycles. The minimum atomic E-state index is -3.29. The zero-order chi connectivity index (χ0) is 15.3. The van der Waals surface area contributed by atoms with Crippen molar-refractivity contribution in [3.05, 3.63) is 22.4 Å². The number of sulfonamides is 1. The van der Waals surface area contributed by atoms with Crippen molar-refractivity contribution >= 4 is 21.4 Å². The van der Waals surface area contributed by atoms with E-state index in [1.54, 1.807) is 22.6 Å². The molecule has 0 saturated carbocycles. The summed E-state index contributed by atoms with van der Waals surface area (Å²) in [5, 5.41) is 4.75. The van der Waals surface area contributed by atoms with E-state index in [1.807, 2.05) is 45.2 Å². The van der Waals surface area contributed by atoms with E-state index in [0.29, 0.717) is 13.1 Å². The van der Waals surface area contributed by atoms with Crippen molar-refractivity contribution in [3.8, 4) is 0 Å². The summed E-state index contributed by atoms with van der Waals surface area (Å²) in [4.78, 5) is 1.08. The normalized spacial score (nSPS) is 14.4. The van der Waals surface area contributed by atoms with Crippen LogP contribution in [0.5, 0.6) is 0 Å². The molecular weight excluding hydrogens is 292 g/mol. The van der Waals surface area contributed by atoms with E-state index in [2.05, 4.69) is 5.32 Å². The predicted octanol–water partition coefficient (Wildman–Crippen LogP) is 2.67. The average Bonchev–Trinajstić information content (AvgIpc) is 2.85. The van der Waals surface area contributed by atoms with Crippen molar-refractivity contribution in [2.24, 2.45) is 0 Å². The molecule has 0 radical (unpaired) electrons. The van der Waals surface area contributed by atoms with E-state index in [4.69, 9.17) is 0 Å². The molecule has 0 aliphatic rings. The van der Waals surface area contributed by atoms with Crippen molar-refractivity contribution in [1.82, 2.24) is 9.62 Å². The maximum absolute atomic E-state index is 12.7. The lowest BCUT2D eigenvalue weighted by Crippen LogP contribution is -2.45. The van der Waals surface area contributed by atoms with E-state index in [9.17, 15) is 8.42 Å². The average molecular weight is 319 g/mol. The monoisotopic (exact) mass is 318 g/mol. The number of rotatable bonds is 8. The molecule has 0 aliphatic heterocycles. The van der Waals surface area contributed by atoms with Gasteiger partial charge in [-0.2, -0.15) is 4.31 Å². The molecular formula is C14H26N2O2S2. The molecule has 0 saturated heterocycles. The lowest BCUT2D eigenvalue weighted by molar-refractivity contribution is 0.344. The van der Waals surface area contributed by atoms with E-state index in [1.165, 1.54) is 0 Å². The van der Waals surface area contributed by atoms with E-state index in [0.717, 1.165) is 4.88 Å². The highest BCUT2D eigenvalue weighted by atomic mass is 32.2. The summed E-state index contributed by atoms with van der Waals surface area (Å²) >= 11 is 1.59. The Labute approximate surface area is 127 Å². The third-order valence-electron chi connectivity index (χ3n) is 3.12. The molecule has 20 heavy (non-hydrogen) atoms. The first kappa shape index (κ1) is 17.6. The summed E-state index contributed by atoms with van der Waals surface area (Å²) < 4.78 is 27.0. The summed E-state index contributed by atoms with van der Waals surface area (Å²) in [6.45, 7) is 10.6. The molecule has 0 amide bonds. The van der Waals surface area contributed by atoms with Gasteiger partial charge in [0.2, 0.25) is 10.0 Å². The topological polar surface area (TPSA) is 49.4 Å². The molecule has 1 aromatic rings. The van der Waals surface area contributed by atoms with Crippen molar-refractivity contribution in [2.45, 2.75) is 58.5 Å². The fourth-order valence-electron chi connectivity index (χ4n) is 1.86. The van der Waals surface area contributed by atoms with Crippen LogP contribution in [0.2, 0.25) is 0 Å². The first-order chi connectivity index (χ1) is 9.25. The van der Waals surface area contributed by atoms with Gasteiger partial charge >= 0.3 is 0 Å². The van der Waals surface area contributed by atoms with E-state index in [-0.39, 0.29) is 12.1 Å². The van der Waals surface area contributed by atoms with Crippen molar-refractivity contribution in [3.63, 3.8) is 0 Å². The molecule has 0 aromatic carbocycles. The summed E-state index contributed by atoms with van der Waals surface area (Å²) in [6, 6.07) is 4.18. The second-order valence-corrected chi connectivity index (χ2v) is 8.97. The van der Waals surface area contributed by atoms with Crippen molar-refractivity contribution in [2.75, 3.05) is 6.54 Å². The molecule has 4 nitrogen and oxygen atoms in total. The Morgan fingerprint density at radius 2 is 1.90 bits per heavy atom. The third kappa shape index (κ3) is 4.84. The summed E-state index contributed by atoms with van der Waals surface area (Å²) in [7, 11) is -3.29. The van der Waals surface area contributed by atoms with Gasteiger partial charge in [-0.15, -0.1) is 11.3 Å². The lowest BCUT2D eigenvalue weighted by atomic mass is 10.3. The summed E-state index contributed by atoms with van der Waals surface area (Å²) in [5.74, 6) is 0. The molecule has 1 atom stereocenters. The van der Waals surface area contributed by atoms with Gasteiger partial charge in [0, 0.05) is 30.1 Å². The fraction of sp³-hybridized carbons (Fsp3) is 0.714. The highest BCUT2D eigenvalue weighted by Gasteiger charge is 2.30. The third-order valence-corrected chi connectivity index (χ3v) is 6.37. The van der Waals surface area contributed by atoms with Gasteiger partial charge in [-0.3, -0.25) is 0 Å². The Morgan fingerprint density at radius 1 is 1.25 bits per heavy atom. The Bertz CT molecular complexity index is 481. The van der Waals surface area contributed by atoms with Crippen LogP contribution in [-0.2, 0) is 16.6 Å². The Balaban J connectivity index is 2.83. The number of hydrogen-bond acceptors (Lipinski definition) is 4. The molecule has 0 fully saturated rings. The maximum Gasteiger partial charge on any atom is 0.218 e. The van der Waals surface area contributed by atoms with E-state index >= 15 is 0 Å². The maximum atomic E-state index is 12.7. The van der Waals surface area contributed by atoms with Gasteiger partial charge in [-0.1, -0.05) is 19.9 Å². The van der Waals surface area contributed by atoms with Gasteiger partial charge in [0.05, 0.1) is 5.25 Å². The van der Waals surface area contributed by atoms with Crippen LogP contribution in [0.15, 0.2) is 17.5 Å². The molecule has 0 spiro atoms. The van der Waals surface area contributed by atoms with Crippen LogP contribution in [0.4, 0.5) is 0 Å². The van der Waals surface area contributed by atoms with Crippen LogP contribution in [0.3, 0.4) is 0 Å². The highest BCUT2D eigenvalue weighted by Crippen LogP contribution is 2.19. The largest absolute Gasteiger partial charge is 0.313 e. The zero-order valence-electron chi connectivity index (χ0n) is 13.0. The first-order valence-corrected chi connectivity index (χ1v) is 9.39. The lowest BCUT2D eigenvalue weighted by Gasteiger charge is -2.29.